The molecule has 3 rings (SSSR count). The van der Waals surface area contributed by atoms with Crippen LogP contribution >= 0.6 is 0 Å². The van der Waals surface area contributed by atoms with Crippen LogP contribution in [0.1, 0.15) is 40.4 Å². The van der Waals surface area contributed by atoms with Gasteiger partial charge in [-0.1, -0.05) is 51.1 Å². The maximum atomic E-state index is 14.7. The summed E-state index contributed by atoms with van der Waals surface area (Å²) in [4.78, 5) is 12.6. The van der Waals surface area contributed by atoms with Crippen LogP contribution in [0.5, 0.6) is 0 Å². The smallest absolute Gasteiger partial charge is 0.343 e. The van der Waals surface area contributed by atoms with E-state index in [1.54, 1.807) is 38.1 Å². The van der Waals surface area contributed by atoms with E-state index in [9.17, 15) is 13.6 Å². The van der Waals surface area contributed by atoms with Gasteiger partial charge in [0.1, 0.15) is 11.4 Å². The monoisotopic (exact) mass is 400 g/mol. The Morgan fingerprint density at radius 1 is 0.929 bits per heavy atom. The zero-order valence-corrected chi connectivity index (χ0v) is 17.5. The molecule has 6 heteroatoms. The summed E-state index contributed by atoms with van der Waals surface area (Å²) in [6.45, 7) is 9.63. The van der Waals surface area contributed by atoms with Gasteiger partial charge in [-0.25, -0.2) is 13.6 Å². The third kappa shape index (κ3) is 3.93. The first kappa shape index (κ1) is 20.4. The Morgan fingerprint density at radius 3 is 2.21 bits per heavy atom. The van der Waals surface area contributed by atoms with Crippen molar-refractivity contribution >= 4 is 20.5 Å². The molecule has 146 valence electrons. The highest BCUT2D eigenvalue weighted by Gasteiger charge is 2.33. The van der Waals surface area contributed by atoms with Crippen LogP contribution < -0.4 is 5.63 Å². The fourth-order valence-electron chi connectivity index (χ4n) is 2.92. The lowest BCUT2D eigenvalue weighted by Gasteiger charge is -2.30. The number of rotatable bonds is 4. The van der Waals surface area contributed by atoms with Crippen molar-refractivity contribution in [3.05, 3.63) is 70.3 Å². The molecule has 0 N–H and O–H groups in total. The second kappa shape index (κ2) is 7.26. The number of hydrogen-bond acceptors (Lipinski definition) is 3. The van der Waals surface area contributed by atoms with E-state index in [0.29, 0.717) is 16.3 Å². The van der Waals surface area contributed by atoms with E-state index >= 15 is 0 Å². The maximum absolute atomic E-state index is 14.7. The van der Waals surface area contributed by atoms with Gasteiger partial charge in [-0.3, -0.25) is 0 Å². The van der Waals surface area contributed by atoms with E-state index in [2.05, 4.69) is 0 Å². The predicted octanol–water partition coefficient (Wildman–Crippen LogP) is 5.83. The SMILES string of the molecule is CC(C)(C)[Si]OC(C)(C)c1oc(=O)c2ccccc2c1-c1cccc(F)c1F. The molecule has 1 heterocycles. The Balaban J connectivity index is 2.34. The minimum atomic E-state index is -1.02. The van der Waals surface area contributed by atoms with Crippen molar-refractivity contribution in [1.29, 1.82) is 0 Å². The maximum Gasteiger partial charge on any atom is 0.343 e. The predicted molar refractivity (Wildman–Crippen MR) is 107 cm³/mol. The van der Waals surface area contributed by atoms with E-state index in [1.807, 2.05) is 20.8 Å². The number of halogens is 2. The highest BCUT2D eigenvalue weighted by molar-refractivity contribution is 6.31. The van der Waals surface area contributed by atoms with E-state index in [1.165, 1.54) is 12.1 Å². The second-order valence-corrected chi connectivity index (χ2v) is 10.1. The van der Waals surface area contributed by atoms with Crippen LogP contribution in [0.15, 0.2) is 51.7 Å². The van der Waals surface area contributed by atoms with Crippen LogP contribution in [0.4, 0.5) is 8.78 Å². The van der Waals surface area contributed by atoms with Gasteiger partial charge in [-0.15, -0.1) is 0 Å². The Bertz CT molecular complexity index is 1080. The van der Waals surface area contributed by atoms with E-state index in [0.717, 1.165) is 6.07 Å². The molecule has 0 saturated carbocycles. The van der Waals surface area contributed by atoms with E-state index < -0.39 is 22.9 Å². The zero-order chi connectivity index (χ0) is 20.7. The molecule has 3 aromatic rings. The van der Waals surface area contributed by atoms with Crippen LogP contribution in [-0.4, -0.2) is 9.76 Å². The van der Waals surface area contributed by atoms with Crippen LogP contribution in [0.2, 0.25) is 5.04 Å². The Morgan fingerprint density at radius 2 is 1.57 bits per heavy atom. The van der Waals surface area contributed by atoms with Crippen molar-refractivity contribution in [2.75, 3.05) is 0 Å². The first-order chi connectivity index (χ1) is 13.0. The van der Waals surface area contributed by atoms with Gasteiger partial charge in [0.2, 0.25) is 9.76 Å². The van der Waals surface area contributed by atoms with Gasteiger partial charge in [-0.05, 0) is 31.0 Å². The Kier molecular flexibility index (Phi) is 5.29. The van der Waals surface area contributed by atoms with E-state index in [-0.39, 0.29) is 26.1 Å². The highest BCUT2D eigenvalue weighted by Crippen LogP contribution is 2.40. The Hall–Kier alpha value is -2.31. The summed E-state index contributed by atoms with van der Waals surface area (Å²) < 4.78 is 40.4. The molecule has 28 heavy (non-hydrogen) atoms. The molecule has 0 aliphatic carbocycles. The van der Waals surface area contributed by atoms with E-state index in [4.69, 9.17) is 8.84 Å². The second-order valence-electron chi connectivity index (χ2n) is 8.21. The first-order valence-corrected chi connectivity index (χ1v) is 9.88. The minimum Gasteiger partial charge on any atom is -0.424 e. The molecule has 2 radical (unpaired) electrons. The van der Waals surface area contributed by atoms with Crippen LogP contribution in [0, 0.1) is 11.6 Å². The molecular weight excluding hydrogens is 378 g/mol. The zero-order valence-electron chi connectivity index (χ0n) is 16.5. The highest BCUT2D eigenvalue weighted by atomic mass is 28.2. The minimum absolute atomic E-state index is 0.0331. The molecule has 3 nitrogen and oxygen atoms in total. The summed E-state index contributed by atoms with van der Waals surface area (Å²) in [5.41, 5.74) is -1.20. The van der Waals surface area contributed by atoms with Gasteiger partial charge in [0.25, 0.3) is 0 Å². The quantitative estimate of drug-likeness (QED) is 0.518. The molecule has 1 aromatic heterocycles. The van der Waals surface area contributed by atoms with Gasteiger partial charge in [0.15, 0.2) is 11.6 Å². The fourth-order valence-corrected chi connectivity index (χ4v) is 3.57. The lowest BCUT2D eigenvalue weighted by atomic mass is 9.91. The van der Waals surface area contributed by atoms with Gasteiger partial charge in [0.05, 0.1) is 5.39 Å². The van der Waals surface area contributed by atoms with Crippen molar-refractivity contribution in [3.63, 3.8) is 0 Å². The molecule has 0 unspecified atom stereocenters. The molecule has 0 saturated heterocycles. The average Bonchev–Trinajstić information content (AvgIpc) is 2.62. The summed E-state index contributed by atoms with van der Waals surface area (Å²) in [7, 11) is 0.111. The molecule has 0 aliphatic rings. The lowest BCUT2D eigenvalue weighted by Crippen LogP contribution is -2.29. The van der Waals surface area contributed by atoms with Crippen molar-refractivity contribution in [2.45, 2.75) is 45.3 Å². The summed E-state index contributed by atoms with van der Waals surface area (Å²) in [5, 5.41) is 0.701. The molecule has 0 bridgehead atoms. The van der Waals surface area contributed by atoms with Crippen molar-refractivity contribution in [2.24, 2.45) is 0 Å². The summed E-state index contributed by atoms with van der Waals surface area (Å²) in [6.07, 6.45) is 0. The summed E-state index contributed by atoms with van der Waals surface area (Å²) in [6, 6.07) is 10.7. The third-order valence-corrected chi connectivity index (χ3v) is 5.44. The topological polar surface area (TPSA) is 39.4 Å². The fraction of sp³-hybridized carbons (Fsp3) is 0.318. The number of hydrogen-bond donors (Lipinski definition) is 0. The Labute approximate surface area is 165 Å². The first-order valence-electron chi connectivity index (χ1n) is 8.97. The van der Waals surface area contributed by atoms with Crippen molar-refractivity contribution in [3.8, 4) is 11.1 Å². The average molecular weight is 400 g/mol. The lowest BCUT2D eigenvalue weighted by molar-refractivity contribution is 0.0804. The summed E-state index contributed by atoms with van der Waals surface area (Å²) in [5.74, 6) is -1.77. The van der Waals surface area contributed by atoms with Gasteiger partial charge >= 0.3 is 5.63 Å². The molecule has 2 aromatic carbocycles. The molecule has 0 amide bonds. The largest absolute Gasteiger partial charge is 0.424 e. The van der Waals surface area contributed by atoms with Gasteiger partial charge in [0, 0.05) is 16.5 Å². The molecule has 0 spiro atoms. The van der Waals surface area contributed by atoms with Crippen LogP contribution in [0.25, 0.3) is 21.9 Å². The summed E-state index contributed by atoms with van der Waals surface area (Å²) >= 11 is 0. The number of benzene rings is 2. The molecule has 0 fully saturated rings. The van der Waals surface area contributed by atoms with Gasteiger partial charge < -0.3 is 8.84 Å². The standard InChI is InChI=1S/C22H22F2O3Si/c1-21(2,3)28-27-22(4,5)19-17(15-11-8-12-16(23)18(15)24)13-9-6-7-10-14(13)20(25)26-19/h6-12H,1-5H3. The normalized spacial score (nSPS) is 12.5. The number of fused-ring (bicyclic) bond motifs is 1. The molecule has 0 atom stereocenters. The molecule has 0 aliphatic heterocycles. The van der Waals surface area contributed by atoms with Crippen molar-refractivity contribution < 1.29 is 17.6 Å². The third-order valence-electron chi connectivity index (χ3n) is 4.22. The van der Waals surface area contributed by atoms with Crippen molar-refractivity contribution in [1.82, 2.24) is 0 Å². The van der Waals surface area contributed by atoms with Crippen LogP contribution in [0.3, 0.4) is 0 Å². The van der Waals surface area contributed by atoms with Crippen LogP contribution in [-0.2, 0) is 10.0 Å². The molecular formula is C22H22F2O3Si. The van der Waals surface area contributed by atoms with Gasteiger partial charge in [-0.2, -0.15) is 0 Å².